The number of para-hydroxylation sites is 1. The summed E-state index contributed by atoms with van der Waals surface area (Å²) in [6, 6.07) is 8.72. The Labute approximate surface area is 156 Å². The fourth-order valence-corrected chi connectivity index (χ4v) is 4.87. The highest BCUT2D eigenvalue weighted by molar-refractivity contribution is 5.89. The number of carbonyl (C=O) groups is 1. The number of pyridine rings is 1. The van der Waals surface area contributed by atoms with E-state index in [2.05, 4.69) is 24.3 Å². The van der Waals surface area contributed by atoms with Crippen LogP contribution in [0.15, 0.2) is 24.3 Å². The molecule has 2 aromatic rings. The van der Waals surface area contributed by atoms with Crippen molar-refractivity contribution in [1.29, 1.82) is 0 Å². The summed E-state index contributed by atoms with van der Waals surface area (Å²) >= 11 is 0. The molecule has 2 saturated carbocycles. The van der Waals surface area contributed by atoms with E-state index >= 15 is 0 Å². The Morgan fingerprint density at radius 2 is 1.77 bits per heavy atom. The van der Waals surface area contributed by atoms with Gasteiger partial charge in [-0.3, -0.25) is 9.78 Å². The fourth-order valence-electron chi connectivity index (χ4n) is 4.87. The van der Waals surface area contributed by atoms with Crippen molar-refractivity contribution in [3.8, 4) is 0 Å². The average molecular weight is 351 g/mol. The molecule has 1 aromatic heterocycles. The molecule has 3 nitrogen and oxygen atoms in total. The van der Waals surface area contributed by atoms with Crippen LogP contribution in [0.3, 0.4) is 0 Å². The van der Waals surface area contributed by atoms with Crippen LogP contribution < -0.4 is 0 Å². The Morgan fingerprint density at radius 1 is 1.08 bits per heavy atom. The minimum absolute atomic E-state index is 0.136. The number of rotatable bonds is 5. The van der Waals surface area contributed by atoms with Crippen molar-refractivity contribution in [2.24, 2.45) is 0 Å². The molecule has 0 N–H and O–H groups in total. The molecule has 0 saturated heterocycles. The van der Waals surface area contributed by atoms with Gasteiger partial charge in [0.1, 0.15) is 0 Å². The number of hydrogen-bond donors (Lipinski definition) is 0. The molecule has 2 aliphatic carbocycles. The monoisotopic (exact) mass is 351 g/mol. The Hall–Kier alpha value is -1.90. The van der Waals surface area contributed by atoms with Crippen LogP contribution in [0.4, 0.5) is 0 Å². The van der Waals surface area contributed by atoms with Gasteiger partial charge in [0.05, 0.1) is 18.5 Å². The zero-order valence-electron chi connectivity index (χ0n) is 15.8. The topological polar surface area (TPSA) is 39.2 Å². The largest absolute Gasteiger partial charge is 0.466 e. The maximum absolute atomic E-state index is 12.2. The maximum Gasteiger partial charge on any atom is 0.310 e. The molecule has 3 heteroatoms. The lowest BCUT2D eigenvalue weighted by Gasteiger charge is -2.18. The van der Waals surface area contributed by atoms with Gasteiger partial charge in [-0.05, 0) is 55.7 Å². The number of aromatic nitrogens is 1. The van der Waals surface area contributed by atoms with Crippen LogP contribution >= 0.6 is 0 Å². The van der Waals surface area contributed by atoms with Crippen LogP contribution in [0, 0.1) is 0 Å². The Balaban J connectivity index is 1.81. The normalized spacial score (nSPS) is 18.7. The second-order valence-corrected chi connectivity index (χ2v) is 7.89. The lowest BCUT2D eigenvalue weighted by molar-refractivity contribution is -0.142. The third-order valence-electron chi connectivity index (χ3n) is 6.18. The summed E-state index contributed by atoms with van der Waals surface area (Å²) in [5, 5.41) is 1.14. The van der Waals surface area contributed by atoms with Gasteiger partial charge in [0, 0.05) is 17.0 Å². The summed E-state index contributed by atoms with van der Waals surface area (Å²) in [6.45, 7) is 2.30. The molecule has 0 spiro atoms. The van der Waals surface area contributed by atoms with E-state index in [1.54, 1.807) is 0 Å². The number of esters is 1. The minimum Gasteiger partial charge on any atom is -0.466 e. The van der Waals surface area contributed by atoms with Gasteiger partial charge in [0.2, 0.25) is 0 Å². The molecular formula is C23H29NO2. The Bertz CT molecular complexity index is 786. The summed E-state index contributed by atoms with van der Waals surface area (Å²) in [5.74, 6) is 1.04. The van der Waals surface area contributed by atoms with E-state index < -0.39 is 0 Å². The van der Waals surface area contributed by atoms with E-state index in [-0.39, 0.29) is 5.97 Å². The predicted molar refractivity (Wildman–Crippen MR) is 104 cm³/mol. The smallest absolute Gasteiger partial charge is 0.310 e. The molecule has 1 aromatic carbocycles. The molecule has 0 radical (unpaired) electrons. The number of carbonyl (C=O) groups excluding carboxylic acids is 1. The maximum atomic E-state index is 12.2. The first kappa shape index (κ1) is 17.5. The molecule has 2 fully saturated rings. The van der Waals surface area contributed by atoms with Crippen molar-refractivity contribution in [2.75, 3.05) is 6.61 Å². The van der Waals surface area contributed by atoms with E-state index in [9.17, 15) is 4.79 Å². The molecule has 2 aliphatic rings. The van der Waals surface area contributed by atoms with Crippen molar-refractivity contribution in [2.45, 2.75) is 76.5 Å². The SMILES string of the molecule is CCOC(=O)Cc1cc(C2CCCC2)nc2c(C3CCCC3)cccc12. The van der Waals surface area contributed by atoms with Crippen LogP contribution in [0.1, 0.15) is 86.9 Å². The Morgan fingerprint density at radius 3 is 2.46 bits per heavy atom. The van der Waals surface area contributed by atoms with Gasteiger partial charge < -0.3 is 4.74 Å². The highest BCUT2D eigenvalue weighted by atomic mass is 16.5. The standard InChI is InChI=1S/C23H29NO2/c1-2-26-22(25)15-18-14-21(17-10-5-6-11-17)24-23-19(12-7-13-20(18)23)16-8-3-4-9-16/h7,12-14,16-17H,2-6,8-11,15H2,1H3. The second-order valence-electron chi connectivity index (χ2n) is 7.89. The number of hydrogen-bond acceptors (Lipinski definition) is 3. The van der Waals surface area contributed by atoms with Crippen molar-refractivity contribution in [1.82, 2.24) is 4.98 Å². The lowest BCUT2D eigenvalue weighted by Crippen LogP contribution is -2.10. The summed E-state index contributed by atoms with van der Waals surface area (Å²) in [6.07, 6.45) is 10.6. The molecule has 0 bridgehead atoms. The molecule has 0 amide bonds. The van der Waals surface area contributed by atoms with E-state index in [1.807, 2.05) is 6.92 Å². The van der Waals surface area contributed by atoms with Crippen LogP contribution in [-0.2, 0) is 16.0 Å². The van der Waals surface area contributed by atoms with E-state index in [0.717, 1.165) is 16.5 Å². The van der Waals surface area contributed by atoms with Crippen LogP contribution in [0.25, 0.3) is 10.9 Å². The molecule has 0 unspecified atom stereocenters. The molecular weight excluding hydrogens is 322 g/mol. The van der Waals surface area contributed by atoms with E-state index in [1.165, 1.54) is 62.6 Å². The van der Waals surface area contributed by atoms with Gasteiger partial charge in [-0.1, -0.05) is 43.9 Å². The van der Waals surface area contributed by atoms with Gasteiger partial charge in [0.15, 0.2) is 0 Å². The zero-order chi connectivity index (χ0) is 17.9. The molecule has 1 heterocycles. The summed E-state index contributed by atoms with van der Waals surface area (Å²) in [4.78, 5) is 17.4. The Kier molecular flexibility index (Phi) is 5.23. The predicted octanol–water partition coefficient (Wildman–Crippen LogP) is 5.66. The summed E-state index contributed by atoms with van der Waals surface area (Å²) in [7, 11) is 0. The van der Waals surface area contributed by atoms with Crippen LogP contribution in [0.2, 0.25) is 0 Å². The van der Waals surface area contributed by atoms with E-state index in [0.29, 0.717) is 24.9 Å². The van der Waals surface area contributed by atoms with Crippen LogP contribution in [-0.4, -0.2) is 17.6 Å². The first-order valence-corrected chi connectivity index (χ1v) is 10.3. The average Bonchev–Trinajstić information content (AvgIpc) is 3.35. The molecule has 26 heavy (non-hydrogen) atoms. The first-order chi connectivity index (χ1) is 12.8. The number of benzene rings is 1. The summed E-state index contributed by atoms with van der Waals surface area (Å²) in [5.41, 5.74) is 4.82. The van der Waals surface area contributed by atoms with Crippen molar-refractivity contribution in [3.63, 3.8) is 0 Å². The van der Waals surface area contributed by atoms with Gasteiger partial charge in [-0.2, -0.15) is 0 Å². The third-order valence-corrected chi connectivity index (χ3v) is 6.18. The molecule has 4 rings (SSSR count). The van der Waals surface area contributed by atoms with E-state index in [4.69, 9.17) is 9.72 Å². The van der Waals surface area contributed by atoms with Crippen molar-refractivity contribution in [3.05, 3.63) is 41.1 Å². The first-order valence-electron chi connectivity index (χ1n) is 10.3. The summed E-state index contributed by atoms with van der Waals surface area (Å²) < 4.78 is 5.23. The number of fused-ring (bicyclic) bond motifs is 1. The van der Waals surface area contributed by atoms with Gasteiger partial charge in [-0.15, -0.1) is 0 Å². The van der Waals surface area contributed by atoms with Gasteiger partial charge in [-0.25, -0.2) is 0 Å². The lowest BCUT2D eigenvalue weighted by atomic mass is 9.91. The van der Waals surface area contributed by atoms with Gasteiger partial charge >= 0.3 is 5.97 Å². The third kappa shape index (κ3) is 3.49. The van der Waals surface area contributed by atoms with Crippen molar-refractivity contribution >= 4 is 16.9 Å². The quantitative estimate of drug-likeness (QED) is 0.653. The van der Waals surface area contributed by atoms with Crippen molar-refractivity contribution < 1.29 is 9.53 Å². The molecule has 138 valence electrons. The highest BCUT2D eigenvalue weighted by Crippen LogP contribution is 2.40. The second kappa shape index (κ2) is 7.77. The van der Waals surface area contributed by atoms with Crippen LogP contribution in [0.5, 0.6) is 0 Å². The number of ether oxygens (including phenoxy) is 1. The zero-order valence-corrected chi connectivity index (χ0v) is 15.8. The number of nitrogens with zero attached hydrogens (tertiary/aromatic N) is 1. The fraction of sp³-hybridized carbons (Fsp3) is 0.565. The van der Waals surface area contributed by atoms with Gasteiger partial charge in [0.25, 0.3) is 0 Å². The minimum atomic E-state index is -0.136. The highest BCUT2D eigenvalue weighted by Gasteiger charge is 2.24. The molecule has 0 atom stereocenters. The molecule has 0 aliphatic heterocycles.